The number of aromatic nitrogens is 1. The van der Waals surface area contributed by atoms with Gasteiger partial charge in [0, 0.05) is 23.1 Å². The highest BCUT2D eigenvalue weighted by Gasteiger charge is 2.18. The topological polar surface area (TPSA) is 76.1 Å². The number of aryl methyl sites for hydroxylation is 1. The second kappa shape index (κ2) is 9.50. The lowest BCUT2D eigenvalue weighted by Gasteiger charge is -2.13. The average molecular weight is 533 g/mol. The standard InChI is InChI=1S/C28H21ClN2O3S2/c1-17-6-5-7-18(14-17)22-16-20(36(2,33)34)11-12-21(22)27(32)30-19-10-13-24(29)23(15-19)28-31-25-8-3-4-9-26(25)35-28/h3-16H,1-2H3,(H,30,32). The number of thiazole rings is 1. The second-order valence-corrected chi connectivity index (χ2v) is 11.9. The molecule has 5 rings (SSSR count). The highest BCUT2D eigenvalue weighted by atomic mass is 35.5. The molecule has 36 heavy (non-hydrogen) atoms. The van der Waals surface area contributed by atoms with Crippen LogP contribution in [0.25, 0.3) is 31.9 Å². The molecule has 0 aliphatic rings. The van der Waals surface area contributed by atoms with Gasteiger partial charge in [-0.15, -0.1) is 11.3 Å². The number of sulfone groups is 1. The Labute approximate surface area is 218 Å². The first-order chi connectivity index (χ1) is 17.2. The molecule has 0 aliphatic carbocycles. The van der Waals surface area contributed by atoms with Crippen molar-refractivity contribution in [3.05, 3.63) is 101 Å². The maximum Gasteiger partial charge on any atom is 0.256 e. The fourth-order valence-corrected chi connectivity index (χ4v) is 5.86. The summed E-state index contributed by atoms with van der Waals surface area (Å²) in [6, 6.07) is 25.3. The molecule has 4 aromatic carbocycles. The van der Waals surface area contributed by atoms with Gasteiger partial charge in [-0.25, -0.2) is 13.4 Å². The van der Waals surface area contributed by atoms with E-state index in [1.807, 2.05) is 55.5 Å². The Bertz CT molecular complexity index is 1710. The Kier molecular flexibility index (Phi) is 6.38. The highest BCUT2D eigenvalue weighted by Crippen LogP contribution is 2.36. The van der Waals surface area contributed by atoms with Crippen LogP contribution in [0.4, 0.5) is 5.69 Å². The van der Waals surface area contributed by atoms with E-state index in [0.717, 1.165) is 38.2 Å². The zero-order chi connectivity index (χ0) is 25.4. The number of carbonyl (C=O) groups excluding carboxylic acids is 1. The summed E-state index contributed by atoms with van der Waals surface area (Å²) in [6.45, 7) is 1.95. The fraction of sp³-hybridized carbons (Fsp3) is 0.0714. The lowest BCUT2D eigenvalue weighted by molar-refractivity contribution is 0.102. The molecule has 1 amide bonds. The average Bonchev–Trinajstić information content (AvgIpc) is 3.28. The molecule has 8 heteroatoms. The Balaban J connectivity index is 1.53. The van der Waals surface area contributed by atoms with E-state index in [4.69, 9.17) is 11.6 Å². The summed E-state index contributed by atoms with van der Waals surface area (Å²) in [5.41, 5.74) is 4.84. The van der Waals surface area contributed by atoms with Gasteiger partial charge in [0.15, 0.2) is 9.84 Å². The van der Waals surface area contributed by atoms with Crippen molar-refractivity contribution in [1.29, 1.82) is 0 Å². The number of nitrogens with one attached hydrogen (secondary N) is 1. The monoisotopic (exact) mass is 532 g/mol. The number of carbonyl (C=O) groups is 1. The van der Waals surface area contributed by atoms with Crippen LogP contribution in [0.5, 0.6) is 0 Å². The molecule has 0 atom stereocenters. The third kappa shape index (κ3) is 4.91. The van der Waals surface area contributed by atoms with Gasteiger partial charge in [0.2, 0.25) is 0 Å². The molecule has 1 N–H and O–H groups in total. The van der Waals surface area contributed by atoms with Crippen LogP contribution < -0.4 is 5.32 Å². The second-order valence-electron chi connectivity index (χ2n) is 8.48. The smallest absolute Gasteiger partial charge is 0.256 e. The van der Waals surface area contributed by atoms with E-state index in [-0.39, 0.29) is 10.8 Å². The molecule has 0 unspecified atom stereocenters. The van der Waals surface area contributed by atoms with Crippen LogP contribution in [0.3, 0.4) is 0 Å². The minimum Gasteiger partial charge on any atom is -0.322 e. The summed E-state index contributed by atoms with van der Waals surface area (Å²) in [5, 5.41) is 4.23. The van der Waals surface area contributed by atoms with Crippen LogP contribution in [0.1, 0.15) is 15.9 Å². The quantitative estimate of drug-likeness (QED) is 0.258. The fourth-order valence-electron chi connectivity index (χ4n) is 3.96. The van der Waals surface area contributed by atoms with Crippen molar-refractivity contribution >= 4 is 54.6 Å². The lowest BCUT2D eigenvalue weighted by Crippen LogP contribution is -2.14. The molecule has 180 valence electrons. The van der Waals surface area contributed by atoms with Gasteiger partial charge in [0.05, 0.1) is 20.1 Å². The molecule has 0 spiro atoms. The Morgan fingerprint density at radius 3 is 2.47 bits per heavy atom. The van der Waals surface area contributed by atoms with Crippen LogP contribution >= 0.6 is 22.9 Å². The van der Waals surface area contributed by atoms with Crippen molar-refractivity contribution in [2.45, 2.75) is 11.8 Å². The Hall–Kier alpha value is -3.52. The molecule has 1 heterocycles. The van der Waals surface area contributed by atoms with Gasteiger partial charge in [0.25, 0.3) is 5.91 Å². The van der Waals surface area contributed by atoms with Crippen LogP contribution in [0, 0.1) is 6.92 Å². The summed E-state index contributed by atoms with van der Waals surface area (Å²) in [4.78, 5) is 18.3. The highest BCUT2D eigenvalue weighted by molar-refractivity contribution is 7.90. The van der Waals surface area contributed by atoms with E-state index >= 15 is 0 Å². The molecule has 0 saturated carbocycles. The number of hydrogen-bond acceptors (Lipinski definition) is 5. The Morgan fingerprint density at radius 1 is 0.917 bits per heavy atom. The molecule has 0 aliphatic heterocycles. The first-order valence-corrected chi connectivity index (χ1v) is 14.2. The van der Waals surface area contributed by atoms with Crippen molar-refractivity contribution in [2.24, 2.45) is 0 Å². The number of nitrogens with zero attached hydrogens (tertiary/aromatic N) is 1. The third-order valence-electron chi connectivity index (χ3n) is 5.74. The number of rotatable bonds is 5. The maximum atomic E-state index is 13.4. The molecule has 1 aromatic heterocycles. The molecule has 0 fully saturated rings. The molecular weight excluding hydrogens is 512 g/mol. The summed E-state index contributed by atoms with van der Waals surface area (Å²) in [5.74, 6) is -0.357. The summed E-state index contributed by atoms with van der Waals surface area (Å²) < 4.78 is 25.5. The van der Waals surface area contributed by atoms with Gasteiger partial charge < -0.3 is 5.32 Å². The van der Waals surface area contributed by atoms with Gasteiger partial charge in [-0.1, -0.05) is 53.6 Å². The number of amides is 1. The zero-order valence-corrected chi connectivity index (χ0v) is 21.8. The van der Waals surface area contributed by atoms with Crippen LogP contribution in [0.2, 0.25) is 5.02 Å². The van der Waals surface area contributed by atoms with Crippen molar-refractivity contribution in [2.75, 3.05) is 11.6 Å². The van der Waals surface area contributed by atoms with Crippen molar-refractivity contribution in [3.8, 4) is 21.7 Å². The number of hydrogen-bond donors (Lipinski definition) is 1. The Morgan fingerprint density at radius 2 is 1.72 bits per heavy atom. The number of halogens is 1. The molecular formula is C28H21ClN2O3S2. The number of para-hydroxylation sites is 1. The van der Waals surface area contributed by atoms with Crippen LogP contribution in [0.15, 0.2) is 89.8 Å². The summed E-state index contributed by atoms with van der Waals surface area (Å²) in [6.07, 6.45) is 1.15. The van der Waals surface area contributed by atoms with Gasteiger partial charge in [-0.05, 0) is 66.6 Å². The van der Waals surface area contributed by atoms with Crippen molar-refractivity contribution < 1.29 is 13.2 Å². The van der Waals surface area contributed by atoms with Gasteiger partial charge in [0.1, 0.15) is 5.01 Å². The van der Waals surface area contributed by atoms with E-state index in [2.05, 4.69) is 10.3 Å². The molecule has 5 aromatic rings. The van der Waals surface area contributed by atoms with Gasteiger partial charge >= 0.3 is 0 Å². The van der Waals surface area contributed by atoms with E-state index in [9.17, 15) is 13.2 Å². The molecule has 0 saturated heterocycles. The van der Waals surface area contributed by atoms with E-state index in [1.165, 1.54) is 17.4 Å². The van der Waals surface area contributed by atoms with E-state index in [0.29, 0.717) is 21.8 Å². The van der Waals surface area contributed by atoms with E-state index in [1.54, 1.807) is 30.3 Å². The predicted octanol–water partition coefficient (Wildman–Crippen LogP) is 7.25. The zero-order valence-electron chi connectivity index (χ0n) is 19.4. The lowest BCUT2D eigenvalue weighted by atomic mass is 9.97. The molecule has 5 nitrogen and oxygen atoms in total. The minimum absolute atomic E-state index is 0.153. The van der Waals surface area contributed by atoms with Crippen LogP contribution in [-0.2, 0) is 9.84 Å². The summed E-state index contributed by atoms with van der Waals surface area (Å²) in [7, 11) is -3.45. The number of benzene rings is 4. The predicted molar refractivity (Wildman–Crippen MR) is 148 cm³/mol. The maximum absolute atomic E-state index is 13.4. The van der Waals surface area contributed by atoms with Gasteiger partial charge in [-0.3, -0.25) is 4.79 Å². The normalized spacial score (nSPS) is 11.5. The first kappa shape index (κ1) is 24.2. The largest absolute Gasteiger partial charge is 0.322 e. The van der Waals surface area contributed by atoms with Gasteiger partial charge in [-0.2, -0.15) is 0 Å². The van der Waals surface area contributed by atoms with Crippen LogP contribution in [-0.4, -0.2) is 25.6 Å². The number of anilines is 1. The number of fused-ring (bicyclic) bond motifs is 1. The molecule has 0 radical (unpaired) electrons. The minimum atomic E-state index is -3.45. The summed E-state index contributed by atoms with van der Waals surface area (Å²) >= 11 is 8.02. The first-order valence-electron chi connectivity index (χ1n) is 11.1. The third-order valence-corrected chi connectivity index (χ3v) is 8.25. The van der Waals surface area contributed by atoms with Crippen molar-refractivity contribution in [1.82, 2.24) is 4.98 Å². The molecule has 0 bridgehead atoms. The van der Waals surface area contributed by atoms with Crippen molar-refractivity contribution in [3.63, 3.8) is 0 Å². The SMILES string of the molecule is Cc1cccc(-c2cc(S(C)(=O)=O)ccc2C(=O)Nc2ccc(Cl)c(-c3nc4ccccc4s3)c2)c1. The van der Waals surface area contributed by atoms with E-state index < -0.39 is 9.84 Å².